The molecule has 0 bridgehead atoms. The molecule has 0 radical (unpaired) electrons. The van der Waals surface area contributed by atoms with E-state index in [0.717, 1.165) is 21.5 Å². The molecule has 28 heavy (non-hydrogen) atoms. The molecule has 0 fully saturated rings. The minimum Gasteiger partial charge on any atom is -0.497 e. The normalized spacial score (nSPS) is 11.3. The summed E-state index contributed by atoms with van der Waals surface area (Å²) in [6.07, 6.45) is 5.65. The van der Waals surface area contributed by atoms with Crippen molar-refractivity contribution < 1.29 is 19.0 Å². The average Bonchev–Trinajstić information content (AvgIpc) is 3.04. The fourth-order valence-corrected chi connectivity index (χ4v) is 3.90. The summed E-state index contributed by atoms with van der Waals surface area (Å²) in [6, 6.07) is 11.0. The minimum absolute atomic E-state index is 0.147. The highest BCUT2D eigenvalue weighted by Crippen LogP contribution is 2.28. The molecule has 0 saturated heterocycles. The Bertz CT molecular complexity index is 1120. The van der Waals surface area contributed by atoms with Crippen LogP contribution in [0.1, 0.15) is 5.56 Å². The van der Waals surface area contributed by atoms with E-state index in [-0.39, 0.29) is 12.3 Å². The van der Waals surface area contributed by atoms with Crippen molar-refractivity contribution in [2.24, 2.45) is 4.99 Å². The molecule has 0 saturated carbocycles. The second-order valence-corrected chi connectivity index (χ2v) is 6.89. The molecule has 7 heteroatoms. The Labute approximate surface area is 167 Å². The number of carbonyl (C=O) groups excluding carboxylic acids is 1. The smallest absolute Gasteiger partial charge is 0.252 e. The largest absolute Gasteiger partial charge is 0.497 e. The summed E-state index contributed by atoms with van der Waals surface area (Å²) in [5.74, 6) is 4.28. The number of amides is 1. The first-order valence-corrected chi connectivity index (χ1v) is 9.30. The minimum atomic E-state index is -0.267. The van der Waals surface area contributed by atoms with Gasteiger partial charge in [0, 0.05) is 0 Å². The number of fused-ring (bicyclic) bond motifs is 1. The number of hydrogen-bond donors (Lipinski definition) is 0. The fraction of sp³-hybridized carbons (Fsp3) is 0.238. The van der Waals surface area contributed by atoms with Crippen molar-refractivity contribution in [3.63, 3.8) is 0 Å². The molecule has 3 rings (SSSR count). The van der Waals surface area contributed by atoms with Crippen LogP contribution in [0.15, 0.2) is 41.4 Å². The lowest BCUT2D eigenvalue weighted by Gasteiger charge is -2.08. The number of nitrogens with zero attached hydrogens (tertiary/aromatic N) is 2. The zero-order valence-corrected chi connectivity index (χ0v) is 16.7. The molecule has 1 heterocycles. The summed E-state index contributed by atoms with van der Waals surface area (Å²) < 4.78 is 18.6. The van der Waals surface area contributed by atoms with E-state index in [4.69, 9.17) is 20.6 Å². The molecule has 1 aromatic heterocycles. The van der Waals surface area contributed by atoms with Crippen LogP contribution < -0.4 is 19.0 Å². The van der Waals surface area contributed by atoms with E-state index >= 15 is 0 Å². The van der Waals surface area contributed by atoms with Gasteiger partial charge in [-0.25, -0.2) is 0 Å². The lowest BCUT2D eigenvalue weighted by Crippen LogP contribution is -2.17. The molecule has 0 N–H and O–H groups in total. The highest BCUT2D eigenvalue weighted by Gasteiger charge is 2.11. The number of thiazole rings is 1. The summed E-state index contributed by atoms with van der Waals surface area (Å²) in [5.41, 5.74) is 1.71. The van der Waals surface area contributed by atoms with Gasteiger partial charge >= 0.3 is 0 Å². The number of aromatic nitrogens is 1. The van der Waals surface area contributed by atoms with Crippen molar-refractivity contribution in [1.29, 1.82) is 0 Å². The van der Waals surface area contributed by atoms with E-state index < -0.39 is 0 Å². The van der Waals surface area contributed by atoms with Crippen LogP contribution in [0.2, 0.25) is 0 Å². The molecule has 1 amide bonds. The number of carbonyl (C=O) groups is 1. The van der Waals surface area contributed by atoms with Gasteiger partial charge in [-0.2, -0.15) is 4.99 Å². The van der Waals surface area contributed by atoms with E-state index in [0.29, 0.717) is 22.8 Å². The summed E-state index contributed by atoms with van der Waals surface area (Å²) in [5, 5.41) is 0. The van der Waals surface area contributed by atoms with Crippen LogP contribution in [-0.2, 0) is 17.8 Å². The van der Waals surface area contributed by atoms with Gasteiger partial charge in [-0.05, 0) is 35.9 Å². The first-order chi connectivity index (χ1) is 13.6. The standard InChI is InChI=1S/C21H20N2O4S/c1-5-10-23-16-8-7-15(25-2)13-19(16)28-21(23)22-20(24)12-14-6-9-17(26-3)18(11-14)27-4/h1,6-9,11,13H,10,12H2,2-4H3. The SMILES string of the molecule is C#CCn1c(=NC(=O)Cc2ccc(OC)c(OC)c2)sc2cc(OC)ccc21. The van der Waals surface area contributed by atoms with Gasteiger partial charge < -0.3 is 18.8 Å². The molecular weight excluding hydrogens is 376 g/mol. The monoisotopic (exact) mass is 396 g/mol. The van der Waals surface area contributed by atoms with Crippen LogP contribution in [0.4, 0.5) is 0 Å². The molecule has 144 valence electrons. The third kappa shape index (κ3) is 4.02. The number of rotatable bonds is 6. The van der Waals surface area contributed by atoms with Gasteiger partial charge in [0.05, 0.1) is 44.5 Å². The lowest BCUT2D eigenvalue weighted by atomic mass is 10.1. The Kier molecular flexibility index (Phi) is 6.02. The Morgan fingerprint density at radius 3 is 2.57 bits per heavy atom. The van der Waals surface area contributed by atoms with Gasteiger partial charge in [0.1, 0.15) is 5.75 Å². The number of benzene rings is 2. The Morgan fingerprint density at radius 2 is 1.89 bits per heavy atom. The van der Waals surface area contributed by atoms with Crippen molar-refractivity contribution >= 4 is 27.5 Å². The van der Waals surface area contributed by atoms with Gasteiger partial charge in [-0.3, -0.25) is 4.79 Å². The maximum atomic E-state index is 12.6. The van der Waals surface area contributed by atoms with Crippen LogP contribution >= 0.6 is 11.3 Å². The van der Waals surface area contributed by atoms with E-state index in [1.807, 2.05) is 28.8 Å². The molecule has 0 unspecified atom stereocenters. The van der Waals surface area contributed by atoms with Crippen molar-refractivity contribution in [3.05, 3.63) is 46.8 Å². The molecule has 2 aromatic carbocycles. The van der Waals surface area contributed by atoms with Crippen LogP contribution in [-0.4, -0.2) is 31.8 Å². The number of terminal acetylenes is 1. The summed E-state index contributed by atoms with van der Waals surface area (Å²) in [4.78, 5) is 17.4. The van der Waals surface area contributed by atoms with Crippen LogP contribution in [0.3, 0.4) is 0 Å². The first kappa shape index (κ1) is 19.5. The van der Waals surface area contributed by atoms with Crippen molar-refractivity contribution in [2.45, 2.75) is 13.0 Å². The third-order valence-electron chi connectivity index (χ3n) is 4.16. The molecule has 3 aromatic rings. The zero-order valence-electron chi connectivity index (χ0n) is 15.9. The van der Waals surface area contributed by atoms with E-state index in [1.54, 1.807) is 33.5 Å². The zero-order chi connectivity index (χ0) is 20.1. The highest BCUT2D eigenvalue weighted by molar-refractivity contribution is 7.16. The fourth-order valence-electron chi connectivity index (χ4n) is 2.82. The Morgan fingerprint density at radius 1 is 1.11 bits per heavy atom. The van der Waals surface area contributed by atoms with Gasteiger partial charge in [-0.1, -0.05) is 23.3 Å². The van der Waals surface area contributed by atoms with Crippen LogP contribution in [0.25, 0.3) is 10.2 Å². The van der Waals surface area contributed by atoms with Gasteiger partial charge in [0.25, 0.3) is 5.91 Å². The van der Waals surface area contributed by atoms with Gasteiger partial charge in [0.2, 0.25) is 0 Å². The summed E-state index contributed by atoms with van der Waals surface area (Å²) >= 11 is 1.40. The summed E-state index contributed by atoms with van der Waals surface area (Å²) in [6.45, 7) is 0.328. The predicted molar refractivity (Wildman–Crippen MR) is 109 cm³/mol. The van der Waals surface area contributed by atoms with Crippen molar-refractivity contribution in [1.82, 2.24) is 4.57 Å². The Hall–Kier alpha value is -3.24. The highest BCUT2D eigenvalue weighted by atomic mass is 32.1. The first-order valence-electron chi connectivity index (χ1n) is 8.49. The molecule has 0 atom stereocenters. The van der Waals surface area contributed by atoms with E-state index in [9.17, 15) is 4.79 Å². The van der Waals surface area contributed by atoms with Gasteiger partial charge in [0.15, 0.2) is 16.3 Å². The topological polar surface area (TPSA) is 62.1 Å². The van der Waals surface area contributed by atoms with Crippen molar-refractivity contribution in [2.75, 3.05) is 21.3 Å². The molecule has 0 aliphatic rings. The molecule has 0 aliphatic heterocycles. The Balaban J connectivity index is 1.96. The second kappa shape index (κ2) is 8.63. The van der Waals surface area contributed by atoms with E-state index in [1.165, 1.54) is 11.3 Å². The number of hydrogen-bond acceptors (Lipinski definition) is 5. The van der Waals surface area contributed by atoms with Crippen LogP contribution in [0, 0.1) is 12.3 Å². The molecule has 0 spiro atoms. The van der Waals surface area contributed by atoms with Crippen LogP contribution in [0.5, 0.6) is 17.2 Å². The third-order valence-corrected chi connectivity index (χ3v) is 5.20. The molecular formula is C21H20N2O4S. The average molecular weight is 396 g/mol. The predicted octanol–water partition coefficient (Wildman–Crippen LogP) is 3.03. The number of ether oxygens (including phenoxy) is 3. The number of methoxy groups -OCH3 is 3. The quantitative estimate of drug-likeness (QED) is 0.601. The van der Waals surface area contributed by atoms with Crippen molar-refractivity contribution in [3.8, 4) is 29.6 Å². The maximum Gasteiger partial charge on any atom is 0.252 e. The second-order valence-electron chi connectivity index (χ2n) is 5.88. The van der Waals surface area contributed by atoms with Gasteiger partial charge in [-0.15, -0.1) is 6.42 Å². The molecule has 0 aliphatic carbocycles. The lowest BCUT2D eigenvalue weighted by molar-refractivity contribution is -0.117. The van der Waals surface area contributed by atoms with E-state index in [2.05, 4.69) is 10.9 Å². The molecule has 6 nitrogen and oxygen atoms in total. The maximum absolute atomic E-state index is 12.6. The summed E-state index contributed by atoms with van der Waals surface area (Å²) in [7, 11) is 4.74.